The summed E-state index contributed by atoms with van der Waals surface area (Å²) in [7, 11) is -3.95. The maximum absolute atomic E-state index is 13.4. The molecular formula is C21H21O4P. The minimum Gasteiger partial charge on any atom is -0.386 e. The van der Waals surface area contributed by atoms with Crippen molar-refractivity contribution in [1.82, 2.24) is 0 Å². The molecule has 4 nitrogen and oxygen atoms in total. The highest BCUT2D eigenvalue weighted by Crippen LogP contribution is 2.50. The highest BCUT2D eigenvalue weighted by molar-refractivity contribution is 7.49. The Balaban J connectivity index is 1.95. The number of hydrogen-bond acceptors (Lipinski definition) is 4. The lowest BCUT2D eigenvalue weighted by Crippen LogP contribution is -2.08. The van der Waals surface area contributed by atoms with Crippen LogP contribution in [-0.2, 0) is 4.57 Å². The number of aryl methyl sites for hydroxylation is 1. The van der Waals surface area contributed by atoms with E-state index in [1.54, 1.807) is 54.6 Å². The molecule has 0 N–H and O–H groups in total. The number of rotatable bonds is 6. The van der Waals surface area contributed by atoms with Crippen LogP contribution in [0, 0.1) is 20.8 Å². The summed E-state index contributed by atoms with van der Waals surface area (Å²) in [6.07, 6.45) is 0. The molecular weight excluding hydrogens is 347 g/mol. The minimum absolute atomic E-state index is 0.410. The molecule has 0 amide bonds. The molecule has 0 aliphatic rings. The fourth-order valence-electron chi connectivity index (χ4n) is 2.43. The van der Waals surface area contributed by atoms with Crippen molar-refractivity contribution in [2.24, 2.45) is 0 Å². The van der Waals surface area contributed by atoms with Gasteiger partial charge in [0.1, 0.15) is 17.2 Å². The maximum Gasteiger partial charge on any atom is 0.647 e. The maximum atomic E-state index is 13.4. The van der Waals surface area contributed by atoms with Crippen LogP contribution in [0.25, 0.3) is 0 Å². The molecule has 0 aromatic heterocycles. The quantitative estimate of drug-likeness (QED) is 0.482. The summed E-state index contributed by atoms with van der Waals surface area (Å²) in [5.41, 5.74) is 3.12. The molecule has 0 atom stereocenters. The van der Waals surface area contributed by atoms with E-state index in [1.807, 2.05) is 39.0 Å². The first-order valence-electron chi connectivity index (χ1n) is 8.32. The van der Waals surface area contributed by atoms with E-state index in [0.29, 0.717) is 17.2 Å². The van der Waals surface area contributed by atoms with E-state index in [4.69, 9.17) is 13.6 Å². The summed E-state index contributed by atoms with van der Waals surface area (Å²) >= 11 is 0. The molecule has 0 aliphatic heterocycles. The molecule has 3 rings (SSSR count). The van der Waals surface area contributed by atoms with Crippen LogP contribution in [0.5, 0.6) is 17.2 Å². The fourth-order valence-corrected chi connectivity index (χ4v) is 3.74. The van der Waals surface area contributed by atoms with Gasteiger partial charge in [-0.15, -0.1) is 0 Å². The number of benzene rings is 3. The second kappa shape index (κ2) is 7.67. The van der Waals surface area contributed by atoms with Crippen molar-refractivity contribution in [3.63, 3.8) is 0 Å². The van der Waals surface area contributed by atoms with Crippen LogP contribution in [0.3, 0.4) is 0 Å². The molecule has 0 spiro atoms. The zero-order valence-electron chi connectivity index (χ0n) is 15.0. The van der Waals surface area contributed by atoms with Crippen molar-refractivity contribution in [2.45, 2.75) is 20.8 Å². The van der Waals surface area contributed by atoms with E-state index in [9.17, 15) is 4.57 Å². The van der Waals surface area contributed by atoms with Gasteiger partial charge < -0.3 is 13.6 Å². The predicted octanol–water partition coefficient (Wildman–Crippen LogP) is 6.26. The van der Waals surface area contributed by atoms with E-state index in [2.05, 4.69) is 0 Å². The van der Waals surface area contributed by atoms with Crippen molar-refractivity contribution < 1.29 is 18.1 Å². The summed E-state index contributed by atoms with van der Waals surface area (Å²) in [6.45, 7) is 5.94. The summed E-state index contributed by atoms with van der Waals surface area (Å²) in [4.78, 5) is 0. The van der Waals surface area contributed by atoms with Gasteiger partial charge in [-0.25, -0.2) is 0 Å². The van der Waals surface area contributed by atoms with Crippen LogP contribution in [0.15, 0.2) is 72.8 Å². The van der Waals surface area contributed by atoms with Crippen molar-refractivity contribution >= 4 is 7.82 Å². The Morgan fingerprint density at radius 2 is 1.12 bits per heavy atom. The second-order valence-corrected chi connectivity index (χ2v) is 7.42. The van der Waals surface area contributed by atoms with Gasteiger partial charge in [-0.2, -0.15) is 4.57 Å². The van der Waals surface area contributed by atoms with Gasteiger partial charge in [0.25, 0.3) is 0 Å². The van der Waals surface area contributed by atoms with Crippen LogP contribution < -0.4 is 13.6 Å². The predicted molar refractivity (Wildman–Crippen MR) is 103 cm³/mol. The average Bonchev–Trinajstić information content (AvgIpc) is 2.64. The van der Waals surface area contributed by atoms with E-state index in [0.717, 1.165) is 16.7 Å². The smallest absolute Gasteiger partial charge is 0.386 e. The van der Waals surface area contributed by atoms with Crippen molar-refractivity contribution in [2.75, 3.05) is 0 Å². The summed E-state index contributed by atoms with van der Waals surface area (Å²) < 4.78 is 30.5. The molecule has 0 heterocycles. The van der Waals surface area contributed by atoms with Gasteiger partial charge >= 0.3 is 7.82 Å². The van der Waals surface area contributed by atoms with Crippen LogP contribution in [0.4, 0.5) is 0 Å². The molecule has 0 bridgehead atoms. The first-order chi connectivity index (χ1) is 12.5. The van der Waals surface area contributed by atoms with Crippen molar-refractivity contribution in [3.8, 4) is 17.2 Å². The van der Waals surface area contributed by atoms with Gasteiger partial charge in [-0.3, -0.25) is 0 Å². The topological polar surface area (TPSA) is 44.8 Å². The lowest BCUT2D eigenvalue weighted by atomic mass is 10.0. The van der Waals surface area contributed by atoms with E-state index in [1.165, 1.54) is 0 Å². The minimum atomic E-state index is -3.95. The number of phosphoric acid groups is 1. The van der Waals surface area contributed by atoms with Gasteiger partial charge in [0.2, 0.25) is 0 Å². The van der Waals surface area contributed by atoms with E-state index < -0.39 is 7.82 Å². The Labute approximate surface area is 154 Å². The number of hydrogen-bond donors (Lipinski definition) is 0. The highest BCUT2D eigenvalue weighted by Gasteiger charge is 2.33. The van der Waals surface area contributed by atoms with Gasteiger partial charge in [0.05, 0.1) is 0 Å². The third-order valence-electron chi connectivity index (χ3n) is 4.14. The molecule has 134 valence electrons. The number of phosphoric ester groups is 1. The third kappa shape index (κ3) is 4.27. The molecule has 0 saturated heterocycles. The Hall–Kier alpha value is -2.71. The first-order valence-corrected chi connectivity index (χ1v) is 9.79. The largest absolute Gasteiger partial charge is 0.647 e. The first kappa shape index (κ1) is 18.1. The van der Waals surface area contributed by atoms with Crippen LogP contribution in [0.1, 0.15) is 16.7 Å². The van der Waals surface area contributed by atoms with Crippen LogP contribution in [-0.4, -0.2) is 0 Å². The molecule has 0 fully saturated rings. The standard InChI is InChI=1S/C21H21O4P/c1-16-14-15-21(18(3)17(16)2)25-26(22,23-19-10-6-4-7-11-19)24-20-12-8-5-9-13-20/h4-15H,1-3H3. The second-order valence-electron chi connectivity index (χ2n) is 5.98. The SMILES string of the molecule is Cc1ccc(OP(=O)(Oc2ccccc2)Oc2ccccc2)c(C)c1C. The summed E-state index contributed by atoms with van der Waals surface area (Å²) in [5, 5.41) is 0. The zero-order chi connectivity index (χ0) is 18.6. The molecule has 0 unspecified atom stereocenters. The molecule has 3 aromatic rings. The molecule has 26 heavy (non-hydrogen) atoms. The fraction of sp³-hybridized carbons (Fsp3) is 0.143. The zero-order valence-corrected chi connectivity index (χ0v) is 15.9. The van der Waals surface area contributed by atoms with E-state index in [-0.39, 0.29) is 0 Å². The molecule has 5 heteroatoms. The molecule has 3 aromatic carbocycles. The van der Waals surface area contributed by atoms with Gasteiger partial charge in [0, 0.05) is 0 Å². The molecule has 0 radical (unpaired) electrons. The van der Waals surface area contributed by atoms with Gasteiger partial charge in [-0.1, -0.05) is 42.5 Å². The summed E-state index contributed by atoms with van der Waals surface area (Å²) in [5.74, 6) is 1.30. The Bertz CT molecular complexity index is 878. The Kier molecular flexibility index (Phi) is 5.34. The van der Waals surface area contributed by atoms with Gasteiger partial charge in [-0.05, 0) is 67.8 Å². The lowest BCUT2D eigenvalue weighted by molar-refractivity contribution is 0.297. The van der Waals surface area contributed by atoms with Crippen molar-refractivity contribution in [3.05, 3.63) is 89.5 Å². The highest BCUT2D eigenvalue weighted by atomic mass is 31.2. The Morgan fingerprint density at radius 1 is 0.615 bits per heavy atom. The summed E-state index contributed by atoms with van der Waals surface area (Å²) in [6, 6.07) is 21.4. The normalized spacial score (nSPS) is 11.0. The monoisotopic (exact) mass is 368 g/mol. The van der Waals surface area contributed by atoms with E-state index >= 15 is 0 Å². The van der Waals surface area contributed by atoms with Crippen molar-refractivity contribution in [1.29, 1.82) is 0 Å². The third-order valence-corrected chi connectivity index (χ3v) is 5.43. The van der Waals surface area contributed by atoms with Crippen LogP contribution in [0.2, 0.25) is 0 Å². The van der Waals surface area contributed by atoms with Gasteiger partial charge in [0.15, 0.2) is 0 Å². The lowest BCUT2D eigenvalue weighted by Gasteiger charge is -2.21. The van der Waals surface area contributed by atoms with Crippen LogP contribution >= 0.6 is 7.82 Å². The molecule has 0 aliphatic carbocycles. The molecule has 0 saturated carbocycles. The average molecular weight is 368 g/mol. The Morgan fingerprint density at radius 3 is 1.62 bits per heavy atom. The number of para-hydroxylation sites is 2.